The molecule has 0 saturated heterocycles. The predicted octanol–water partition coefficient (Wildman–Crippen LogP) is 6.04. The molecule has 1 amide bonds. The molecular weight excluding hydrogens is 479 g/mol. The first kappa shape index (κ1) is 23.1. The molecule has 1 N–H and O–H groups in total. The summed E-state index contributed by atoms with van der Waals surface area (Å²) < 4.78 is 28.8. The summed E-state index contributed by atoms with van der Waals surface area (Å²) in [6.45, 7) is 5.42. The molecule has 3 aromatic rings. The minimum Gasteiger partial charge on any atom is -0.321 e. The number of benzene rings is 3. The molecule has 1 aliphatic rings. The lowest BCUT2D eigenvalue weighted by Crippen LogP contribution is -2.40. The van der Waals surface area contributed by atoms with Crippen molar-refractivity contribution < 1.29 is 13.2 Å². The topological polar surface area (TPSA) is 66.5 Å². The second kappa shape index (κ2) is 9.06. The number of nitrogens with one attached hydrogen (secondary N) is 1. The molecule has 0 fully saturated rings. The van der Waals surface area contributed by atoms with Crippen LogP contribution in [0.25, 0.3) is 5.57 Å². The Kier molecular flexibility index (Phi) is 6.34. The van der Waals surface area contributed by atoms with Crippen LogP contribution in [0.1, 0.15) is 16.7 Å². The van der Waals surface area contributed by atoms with Gasteiger partial charge in [-0.25, -0.2) is 8.42 Å². The van der Waals surface area contributed by atoms with E-state index in [0.29, 0.717) is 38.1 Å². The summed E-state index contributed by atoms with van der Waals surface area (Å²) in [4.78, 5) is 13.2. The van der Waals surface area contributed by atoms with Crippen molar-refractivity contribution in [1.82, 2.24) is 0 Å². The third-order valence-electron chi connectivity index (χ3n) is 5.35. The Labute approximate surface area is 203 Å². The lowest BCUT2D eigenvalue weighted by molar-refractivity contribution is -0.112. The van der Waals surface area contributed by atoms with Gasteiger partial charge in [0.25, 0.3) is 15.9 Å². The molecule has 0 radical (unpaired) electrons. The van der Waals surface area contributed by atoms with Crippen LogP contribution >= 0.6 is 23.2 Å². The molecule has 5 nitrogen and oxygen atoms in total. The second-order valence-electron chi connectivity index (χ2n) is 7.42. The molecule has 0 aromatic heterocycles. The predicted molar refractivity (Wildman–Crippen MR) is 135 cm³/mol. The highest BCUT2D eigenvalue weighted by Gasteiger charge is 2.41. The number of hydrogen-bond acceptors (Lipinski definition) is 3. The standard InChI is InChI=1S/C25H20Cl2N2O3S/c1-3-14-29-22-13-12-18(26)15-19(22)23(17-8-5-4-6-9-17)24(33(29,31)32)25(30)28-21-11-7-10-20(27)16(21)2/h3-13,15H,1,14H2,2H3,(H,28,30). The number of amides is 1. The van der Waals surface area contributed by atoms with Crippen molar-refractivity contribution in [3.05, 3.63) is 111 Å². The molecule has 0 unspecified atom stereocenters. The summed E-state index contributed by atoms with van der Waals surface area (Å²) in [7, 11) is -4.24. The minimum absolute atomic E-state index is 0.00793. The average Bonchev–Trinajstić information content (AvgIpc) is 2.79. The first-order chi connectivity index (χ1) is 15.8. The fourth-order valence-electron chi connectivity index (χ4n) is 3.77. The van der Waals surface area contributed by atoms with Crippen LogP contribution < -0.4 is 9.62 Å². The van der Waals surface area contributed by atoms with Gasteiger partial charge >= 0.3 is 0 Å². The van der Waals surface area contributed by atoms with Gasteiger partial charge in [0.15, 0.2) is 4.91 Å². The van der Waals surface area contributed by atoms with Gasteiger partial charge in [0, 0.05) is 26.9 Å². The van der Waals surface area contributed by atoms with E-state index in [-0.39, 0.29) is 17.0 Å². The molecular formula is C25H20Cl2N2O3S. The van der Waals surface area contributed by atoms with Gasteiger partial charge in [-0.2, -0.15) is 0 Å². The zero-order chi connectivity index (χ0) is 23.8. The molecule has 0 saturated carbocycles. The van der Waals surface area contributed by atoms with Gasteiger partial charge in [-0.1, -0.05) is 65.7 Å². The fourth-order valence-corrected chi connectivity index (χ4v) is 5.83. The fraction of sp³-hybridized carbons (Fsp3) is 0.0800. The molecule has 1 aliphatic heterocycles. The van der Waals surface area contributed by atoms with E-state index in [4.69, 9.17) is 23.2 Å². The molecule has 3 aromatic carbocycles. The highest BCUT2D eigenvalue weighted by Crippen LogP contribution is 2.44. The van der Waals surface area contributed by atoms with E-state index in [0.717, 1.165) is 4.31 Å². The second-order valence-corrected chi connectivity index (χ2v) is 10.1. The van der Waals surface area contributed by atoms with E-state index >= 15 is 0 Å². The number of hydrogen-bond donors (Lipinski definition) is 1. The molecule has 4 rings (SSSR count). The average molecular weight is 499 g/mol. The Morgan fingerprint density at radius 3 is 2.48 bits per heavy atom. The number of nitrogens with zero attached hydrogens (tertiary/aromatic N) is 1. The van der Waals surface area contributed by atoms with E-state index in [2.05, 4.69) is 11.9 Å². The van der Waals surface area contributed by atoms with Gasteiger partial charge in [-0.15, -0.1) is 6.58 Å². The van der Waals surface area contributed by atoms with E-state index in [1.165, 1.54) is 6.08 Å². The summed E-state index contributed by atoms with van der Waals surface area (Å²) in [6.07, 6.45) is 1.47. The van der Waals surface area contributed by atoms with Crippen molar-refractivity contribution in [1.29, 1.82) is 0 Å². The molecule has 0 atom stereocenters. The van der Waals surface area contributed by atoms with Crippen molar-refractivity contribution in [3.63, 3.8) is 0 Å². The quantitative estimate of drug-likeness (QED) is 0.436. The smallest absolute Gasteiger partial charge is 0.270 e. The van der Waals surface area contributed by atoms with Crippen molar-refractivity contribution in [2.24, 2.45) is 0 Å². The van der Waals surface area contributed by atoms with Crippen LogP contribution in [0.5, 0.6) is 0 Å². The number of sulfonamides is 1. The number of rotatable bonds is 5. The number of carbonyl (C=O) groups is 1. The molecule has 168 valence electrons. The van der Waals surface area contributed by atoms with Crippen molar-refractivity contribution in [2.45, 2.75) is 6.92 Å². The van der Waals surface area contributed by atoms with Gasteiger partial charge in [0.1, 0.15) is 0 Å². The Morgan fingerprint density at radius 2 is 1.79 bits per heavy atom. The Hall–Kier alpha value is -3.06. The zero-order valence-corrected chi connectivity index (χ0v) is 20.0. The molecule has 0 spiro atoms. The van der Waals surface area contributed by atoms with Crippen LogP contribution in [0.4, 0.5) is 11.4 Å². The van der Waals surface area contributed by atoms with Crippen LogP contribution in [0.2, 0.25) is 10.0 Å². The maximum Gasteiger partial charge on any atom is 0.270 e. The molecule has 33 heavy (non-hydrogen) atoms. The maximum absolute atomic E-state index is 13.8. The third-order valence-corrected chi connectivity index (χ3v) is 7.83. The van der Waals surface area contributed by atoms with E-state index in [1.807, 2.05) is 6.07 Å². The highest BCUT2D eigenvalue weighted by molar-refractivity contribution is 7.97. The van der Waals surface area contributed by atoms with E-state index < -0.39 is 15.9 Å². The lowest BCUT2D eigenvalue weighted by Gasteiger charge is -2.33. The van der Waals surface area contributed by atoms with Gasteiger partial charge in [0.05, 0.1) is 12.2 Å². The molecule has 0 bridgehead atoms. The Balaban J connectivity index is 2.02. The maximum atomic E-state index is 13.8. The number of carbonyl (C=O) groups excluding carboxylic acids is 1. The summed E-state index contributed by atoms with van der Waals surface area (Å²) in [6, 6.07) is 18.9. The Morgan fingerprint density at radius 1 is 1.06 bits per heavy atom. The van der Waals surface area contributed by atoms with Crippen LogP contribution in [-0.2, 0) is 14.8 Å². The Bertz CT molecular complexity index is 1400. The van der Waals surface area contributed by atoms with Gasteiger partial charge in [0.2, 0.25) is 0 Å². The highest BCUT2D eigenvalue weighted by atomic mass is 35.5. The number of halogens is 2. The van der Waals surface area contributed by atoms with Gasteiger partial charge in [-0.05, 0) is 48.4 Å². The number of anilines is 2. The SMILES string of the molecule is C=CCN1c2ccc(Cl)cc2C(c2ccccc2)=C(C(=O)Nc2cccc(Cl)c2C)S1(=O)=O. The van der Waals surface area contributed by atoms with Crippen molar-refractivity contribution in [3.8, 4) is 0 Å². The van der Waals surface area contributed by atoms with Gasteiger partial charge < -0.3 is 5.32 Å². The van der Waals surface area contributed by atoms with Crippen LogP contribution in [-0.4, -0.2) is 20.9 Å². The van der Waals surface area contributed by atoms with Crippen LogP contribution in [0, 0.1) is 6.92 Å². The molecule has 0 aliphatic carbocycles. The molecule has 8 heteroatoms. The first-order valence-electron chi connectivity index (χ1n) is 10.1. The first-order valence-corrected chi connectivity index (χ1v) is 12.2. The lowest BCUT2D eigenvalue weighted by atomic mass is 9.95. The third kappa shape index (κ3) is 4.17. The van der Waals surface area contributed by atoms with Gasteiger partial charge in [-0.3, -0.25) is 9.10 Å². The summed E-state index contributed by atoms with van der Waals surface area (Å²) in [5.74, 6) is -0.765. The largest absolute Gasteiger partial charge is 0.321 e. The summed E-state index contributed by atoms with van der Waals surface area (Å²) >= 11 is 12.5. The van der Waals surface area contributed by atoms with Crippen molar-refractivity contribution >= 4 is 56.1 Å². The molecule has 1 heterocycles. The number of fused-ring (bicyclic) bond motifs is 1. The van der Waals surface area contributed by atoms with Crippen LogP contribution in [0.15, 0.2) is 84.3 Å². The summed E-state index contributed by atoms with van der Waals surface area (Å²) in [5.41, 5.74) is 2.89. The zero-order valence-electron chi connectivity index (χ0n) is 17.7. The van der Waals surface area contributed by atoms with E-state index in [1.54, 1.807) is 67.6 Å². The van der Waals surface area contributed by atoms with E-state index in [9.17, 15) is 13.2 Å². The van der Waals surface area contributed by atoms with Crippen LogP contribution in [0.3, 0.4) is 0 Å². The van der Waals surface area contributed by atoms with Crippen molar-refractivity contribution in [2.75, 3.05) is 16.2 Å². The normalized spacial score (nSPS) is 14.6. The summed E-state index contributed by atoms with van der Waals surface area (Å²) in [5, 5.41) is 3.62. The monoisotopic (exact) mass is 498 g/mol. The minimum atomic E-state index is -4.24.